The highest BCUT2D eigenvalue weighted by molar-refractivity contribution is 4.98. The fourth-order valence-corrected chi connectivity index (χ4v) is 3.28. The summed E-state index contributed by atoms with van der Waals surface area (Å²) in [5.41, 5.74) is 6.28. The van der Waals surface area contributed by atoms with Gasteiger partial charge >= 0.3 is 0 Å². The molecule has 0 radical (unpaired) electrons. The van der Waals surface area contributed by atoms with E-state index in [-0.39, 0.29) is 5.54 Å². The topological polar surface area (TPSA) is 60.0 Å². The lowest BCUT2D eigenvalue weighted by Crippen LogP contribution is -2.51. The molecule has 1 aliphatic rings. The van der Waals surface area contributed by atoms with E-state index in [1.54, 1.807) is 6.33 Å². The smallest absolute Gasteiger partial charge is 0.141 e. The van der Waals surface area contributed by atoms with E-state index < -0.39 is 0 Å². The molecular weight excluding hydrogens is 238 g/mol. The fraction of sp³-hybridized carbons (Fsp3) is 0.857. The predicted molar refractivity (Wildman–Crippen MR) is 76.7 cm³/mol. The van der Waals surface area contributed by atoms with E-state index in [0.29, 0.717) is 0 Å². The van der Waals surface area contributed by atoms with Crippen molar-refractivity contribution in [3.8, 4) is 0 Å². The largest absolute Gasteiger partial charge is 0.329 e. The van der Waals surface area contributed by atoms with Gasteiger partial charge in [0.1, 0.15) is 12.2 Å². The normalized spacial score (nSPS) is 18.3. The molecule has 0 aromatic carbocycles. The van der Waals surface area contributed by atoms with Crippen LogP contribution in [0.2, 0.25) is 0 Å². The second kappa shape index (κ2) is 6.48. The van der Waals surface area contributed by atoms with E-state index in [0.717, 1.165) is 38.4 Å². The van der Waals surface area contributed by atoms with E-state index in [9.17, 15) is 0 Å². The van der Waals surface area contributed by atoms with Crippen LogP contribution in [0.15, 0.2) is 6.33 Å². The summed E-state index contributed by atoms with van der Waals surface area (Å²) in [6.45, 7) is 7.98. The van der Waals surface area contributed by atoms with Gasteiger partial charge < -0.3 is 5.73 Å². The zero-order valence-electron chi connectivity index (χ0n) is 12.3. The molecular formula is C14H27N5. The molecule has 0 spiro atoms. The SMILES string of the molecule is CCCn1ncnc1CN(CC)C1(CN)CCCC1. The highest BCUT2D eigenvalue weighted by Gasteiger charge is 2.37. The molecule has 1 heterocycles. The van der Waals surface area contributed by atoms with Crippen molar-refractivity contribution in [1.29, 1.82) is 0 Å². The van der Waals surface area contributed by atoms with Gasteiger partial charge in [0.2, 0.25) is 0 Å². The average molecular weight is 265 g/mol. The van der Waals surface area contributed by atoms with Crippen LogP contribution in [0.3, 0.4) is 0 Å². The number of hydrogen-bond acceptors (Lipinski definition) is 4. The van der Waals surface area contributed by atoms with Crippen molar-refractivity contribution in [3.63, 3.8) is 0 Å². The summed E-state index contributed by atoms with van der Waals surface area (Å²) in [6, 6.07) is 0. The van der Waals surface area contributed by atoms with Gasteiger partial charge in [0.25, 0.3) is 0 Å². The van der Waals surface area contributed by atoms with Crippen molar-refractivity contribution in [1.82, 2.24) is 19.7 Å². The first-order chi connectivity index (χ1) is 9.25. The van der Waals surface area contributed by atoms with Gasteiger partial charge in [0, 0.05) is 18.6 Å². The summed E-state index contributed by atoms with van der Waals surface area (Å²) in [7, 11) is 0. The number of aryl methyl sites for hydroxylation is 1. The molecule has 5 nitrogen and oxygen atoms in total. The minimum Gasteiger partial charge on any atom is -0.329 e. The van der Waals surface area contributed by atoms with Crippen LogP contribution in [0, 0.1) is 0 Å². The molecule has 19 heavy (non-hydrogen) atoms. The molecule has 0 saturated heterocycles. The van der Waals surface area contributed by atoms with Gasteiger partial charge in [-0.3, -0.25) is 4.90 Å². The van der Waals surface area contributed by atoms with E-state index in [2.05, 4.69) is 28.8 Å². The molecule has 1 aromatic heterocycles. The Labute approximate surface area is 116 Å². The lowest BCUT2D eigenvalue weighted by molar-refractivity contribution is 0.0922. The Bertz CT molecular complexity index is 381. The lowest BCUT2D eigenvalue weighted by Gasteiger charge is -2.39. The zero-order chi connectivity index (χ0) is 13.7. The number of rotatable bonds is 7. The molecule has 0 bridgehead atoms. The highest BCUT2D eigenvalue weighted by Crippen LogP contribution is 2.35. The number of nitrogens with zero attached hydrogens (tertiary/aromatic N) is 4. The summed E-state index contributed by atoms with van der Waals surface area (Å²) in [5.74, 6) is 1.07. The molecule has 0 aliphatic heterocycles. The molecule has 0 unspecified atom stereocenters. The van der Waals surface area contributed by atoms with Crippen molar-refractivity contribution in [3.05, 3.63) is 12.2 Å². The summed E-state index contributed by atoms with van der Waals surface area (Å²) >= 11 is 0. The molecule has 108 valence electrons. The maximum Gasteiger partial charge on any atom is 0.141 e. The molecule has 1 fully saturated rings. The quantitative estimate of drug-likeness (QED) is 0.816. The van der Waals surface area contributed by atoms with Gasteiger partial charge in [-0.2, -0.15) is 5.10 Å². The van der Waals surface area contributed by atoms with Gasteiger partial charge in [-0.15, -0.1) is 0 Å². The van der Waals surface area contributed by atoms with E-state index in [4.69, 9.17) is 5.73 Å². The standard InChI is InChI=1S/C14H27N5/c1-3-9-19-13(16-12-17-19)10-18(4-2)14(11-15)7-5-6-8-14/h12H,3-11,15H2,1-2H3. The minimum atomic E-state index is 0.192. The summed E-state index contributed by atoms with van der Waals surface area (Å²) in [5, 5.41) is 4.32. The first-order valence-electron chi connectivity index (χ1n) is 7.57. The molecule has 2 N–H and O–H groups in total. The first kappa shape index (κ1) is 14.5. The third-order valence-corrected chi connectivity index (χ3v) is 4.43. The molecule has 1 aliphatic carbocycles. The lowest BCUT2D eigenvalue weighted by atomic mass is 9.95. The Morgan fingerprint density at radius 1 is 1.37 bits per heavy atom. The predicted octanol–water partition coefficient (Wildman–Crippen LogP) is 1.78. The van der Waals surface area contributed by atoms with E-state index >= 15 is 0 Å². The summed E-state index contributed by atoms with van der Waals surface area (Å²) in [4.78, 5) is 6.94. The van der Waals surface area contributed by atoms with Crippen LogP contribution < -0.4 is 5.73 Å². The van der Waals surface area contributed by atoms with Crippen LogP contribution in [0.4, 0.5) is 0 Å². The van der Waals surface area contributed by atoms with Crippen molar-refractivity contribution in [2.45, 2.75) is 64.6 Å². The van der Waals surface area contributed by atoms with E-state index in [1.165, 1.54) is 25.7 Å². The molecule has 0 atom stereocenters. The Morgan fingerprint density at radius 2 is 2.11 bits per heavy atom. The highest BCUT2D eigenvalue weighted by atomic mass is 15.4. The number of nitrogens with two attached hydrogens (primary N) is 1. The van der Waals surface area contributed by atoms with Gasteiger partial charge in [-0.05, 0) is 25.8 Å². The summed E-state index contributed by atoms with van der Waals surface area (Å²) in [6.07, 6.45) is 7.80. The molecule has 1 aromatic rings. The van der Waals surface area contributed by atoms with Gasteiger partial charge in [-0.1, -0.05) is 26.7 Å². The van der Waals surface area contributed by atoms with Crippen LogP contribution in [0.1, 0.15) is 51.8 Å². The molecule has 1 saturated carbocycles. The number of likely N-dealkylation sites (N-methyl/N-ethyl adjacent to an activating group) is 1. The first-order valence-corrected chi connectivity index (χ1v) is 7.57. The maximum absolute atomic E-state index is 6.09. The second-order valence-corrected chi connectivity index (χ2v) is 5.55. The average Bonchev–Trinajstić information content (AvgIpc) is 3.06. The van der Waals surface area contributed by atoms with Crippen LogP contribution >= 0.6 is 0 Å². The van der Waals surface area contributed by atoms with Crippen molar-refractivity contribution in [2.75, 3.05) is 13.1 Å². The van der Waals surface area contributed by atoms with Gasteiger partial charge in [0.05, 0.1) is 6.54 Å². The third kappa shape index (κ3) is 2.98. The van der Waals surface area contributed by atoms with Crippen LogP contribution in [0.25, 0.3) is 0 Å². The molecule has 0 amide bonds. The summed E-state index contributed by atoms with van der Waals surface area (Å²) < 4.78 is 2.03. The number of hydrogen-bond donors (Lipinski definition) is 1. The van der Waals surface area contributed by atoms with Crippen LogP contribution in [-0.4, -0.2) is 38.3 Å². The minimum absolute atomic E-state index is 0.192. The van der Waals surface area contributed by atoms with Gasteiger partial charge in [0.15, 0.2) is 0 Å². The fourth-order valence-electron chi connectivity index (χ4n) is 3.28. The Kier molecular flexibility index (Phi) is 4.93. The van der Waals surface area contributed by atoms with Crippen molar-refractivity contribution < 1.29 is 0 Å². The monoisotopic (exact) mass is 265 g/mol. The Balaban J connectivity index is 2.11. The third-order valence-electron chi connectivity index (χ3n) is 4.43. The van der Waals surface area contributed by atoms with Crippen molar-refractivity contribution in [2.24, 2.45) is 5.73 Å². The number of aromatic nitrogens is 3. The Hall–Kier alpha value is -0.940. The van der Waals surface area contributed by atoms with Gasteiger partial charge in [-0.25, -0.2) is 9.67 Å². The van der Waals surface area contributed by atoms with Crippen molar-refractivity contribution >= 4 is 0 Å². The second-order valence-electron chi connectivity index (χ2n) is 5.55. The van der Waals surface area contributed by atoms with Crippen LogP contribution in [-0.2, 0) is 13.1 Å². The maximum atomic E-state index is 6.09. The zero-order valence-corrected chi connectivity index (χ0v) is 12.3. The molecule has 2 rings (SSSR count). The molecule has 5 heteroatoms. The Morgan fingerprint density at radius 3 is 2.68 bits per heavy atom. The van der Waals surface area contributed by atoms with E-state index in [1.807, 2.05) is 4.68 Å². The van der Waals surface area contributed by atoms with Crippen LogP contribution in [0.5, 0.6) is 0 Å².